The van der Waals surface area contributed by atoms with Crippen LogP contribution in [0.5, 0.6) is 0 Å². The topological polar surface area (TPSA) is 142 Å². The zero-order valence-electron chi connectivity index (χ0n) is 10.9. The third-order valence-electron chi connectivity index (χ3n) is 3.43. The van der Waals surface area contributed by atoms with Crippen LogP contribution in [0.2, 0.25) is 0 Å². The minimum atomic E-state index is -1.53. The lowest BCUT2D eigenvalue weighted by Crippen LogP contribution is -2.56. The van der Waals surface area contributed by atoms with E-state index in [0.717, 1.165) is 0 Å². The quantitative estimate of drug-likeness (QED) is 0.401. The molecule has 0 aliphatic carbocycles. The molecule has 9 nitrogen and oxygen atoms in total. The number of amides is 2. The van der Waals surface area contributed by atoms with Crippen LogP contribution in [-0.2, 0) is 19.1 Å². The van der Waals surface area contributed by atoms with E-state index in [1.165, 1.54) is 11.8 Å². The molecule has 2 aliphatic rings. The first kappa shape index (κ1) is 14.7. The highest BCUT2D eigenvalue weighted by atomic mass is 16.5. The highest BCUT2D eigenvalue weighted by Crippen LogP contribution is 2.30. The van der Waals surface area contributed by atoms with Gasteiger partial charge in [0.05, 0.1) is 19.0 Å². The Morgan fingerprint density at radius 3 is 2.65 bits per heavy atom. The largest absolute Gasteiger partial charge is 0.480 e. The van der Waals surface area contributed by atoms with E-state index in [2.05, 4.69) is 5.32 Å². The lowest BCUT2D eigenvalue weighted by atomic mass is 10.0. The van der Waals surface area contributed by atoms with Gasteiger partial charge in [0.25, 0.3) is 0 Å². The normalized spacial score (nSPS) is 29.1. The Morgan fingerprint density at radius 1 is 1.55 bits per heavy atom. The Hall–Kier alpha value is -1.71. The molecular weight excluding hydrogens is 270 g/mol. The van der Waals surface area contributed by atoms with Gasteiger partial charge in [-0.05, 0) is 6.92 Å². The van der Waals surface area contributed by atoms with Crippen molar-refractivity contribution in [2.24, 2.45) is 5.73 Å². The monoisotopic (exact) mass is 287 g/mol. The molecule has 2 aliphatic heterocycles. The lowest BCUT2D eigenvalue weighted by Gasteiger charge is -2.31. The number of carboxylic acids is 1. The first-order valence-electron chi connectivity index (χ1n) is 6.23. The minimum absolute atomic E-state index is 0.101. The fourth-order valence-corrected chi connectivity index (χ4v) is 2.19. The number of nitrogens with zero attached hydrogens (tertiary/aromatic N) is 1. The number of carboxylic acid groups (broad SMARTS) is 1. The predicted octanol–water partition coefficient (Wildman–Crippen LogP) is -2.78. The van der Waals surface area contributed by atoms with Crippen LogP contribution in [-0.4, -0.2) is 70.0 Å². The van der Waals surface area contributed by atoms with E-state index in [1.54, 1.807) is 0 Å². The maximum Gasteiger partial charge on any atom is 0.329 e. The van der Waals surface area contributed by atoms with Gasteiger partial charge in [-0.3, -0.25) is 9.59 Å². The molecule has 0 aromatic heterocycles. The van der Waals surface area contributed by atoms with Gasteiger partial charge in [-0.15, -0.1) is 0 Å². The van der Waals surface area contributed by atoms with Crippen molar-refractivity contribution in [1.29, 1.82) is 0 Å². The summed E-state index contributed by atoms with van der Waals surface area (Å²) in [6.45, 7) is 1.51. The van der Waals surface area contributed by atoms with Crippen LogP contribution in [0.25, 0.3) is 0 Å². The molecule has 4 unspecified atom stereocenters. The molecule has 2 heterocycles. The summed E-state index contributed by atoms with van der Waals surface area (Å²) in [4.78, 5) is 35.2. The summed E-state index contributed by atoms with van der Waals surface area (Å²) in [5, 5.41) is 21.3. The number of aliphatic hydroxyl groups excluding tert-OH is 1. The van der Waals surface area contributed by atoms with Gasteiger partial charge in [-0.25, -0.2) is 4.79 Å². The first-order chi connectivity index (χ1) is 9.31. The van der Waals surface area contributed by atoms with Crippen LogP contribution >= 0.6 is 0 Å². The molecule has 0 radical (unpaired) electrons. The number of carbonyl (C=O) groups excluding carboxylic acids is 2. The molecule has 2 rings (SSSR count). The lowest BCUT2D eigenvalue weighted by molar-refractivity contribution is -0.161. The van der Waals surface area contributed by atoms with Crippen molar-refractivity contribution < 1.29 is 29.3 Å². The smallest absolute Gasteiger partial charge is 0.329 e. The highest BCUT2D eigenvalue weighted by Gasteiger charge is 2.49. The van der Waals surface area contributed by atoms with E-state index in [4.69, 9.17) is 15.6 Å². The number of hydrogen-bond donors (Lipinski definition) is 4. The molecule has 5 N–H and O–H groups in total. The van der Waals surface area contributed by atoms with Crippen molar-refractivity contribution in [3.63, 3.8) is 0 Å². The molecule has 2 saturated heterocycles. The van der Waals surface area contributed by atoms with Crippen LogP contribution in [0, 0.1) is 0 Å². The van der Waals surface area contributed by atoms with Crippen LogP contribution in [0.4, 0.5) is 0 Å². The van der Waals surface area contributed by atoms with Gasteiger partial charge >= 0.3 is 5.97 Å². The van der Waals surface area contributed by atoms with Crippen molar-refractivity contribution in [3.8, 4) is 0 Å². The number of nitrogens with two attached hydrogens (primary N) is 1. The van der Waals surface area contributed by atoms with Crippen molar-refractivity contribution in [3.05, 3.63) is 0 Å². The fraction of sp³-hybridized carbons (Fsp3) is 0.727. The number of ether oxygens (including phenoxy) is 1. The van der Waals surface area contributed by atoms with Crippen molar-refractivity contribution in [2.45, 2.75) is 43.9 Å². The Morgan fingerprint density at radius 2 is 2.20 bits per heavy atom. The zero-order valence-corrected chi connectivity index (χ0v) is 10.9. The number of aliphatic carboxylic acids is 1. The van der Waals surface area contributed by atoms with Crippen LogP contribution in [0.15, 0.2) is 0 Å². The summed E-state index contributed by atoms with van der Waals surface area (Å²) in [6, 6.07) is -2.43. The summed E-state index contributed by atoms with van der Waals surface area (Å²) >= 11 is 0. The number of rotatable bonds is 5. The van der Waals surface area contributed by atoms with E-state index < -0.39 is 42.4 Å². The summed E-state index contributed by atoms with van der Waals surface area (Å²) in [5.41, 5.74) is 5.34. The molecule has 9 heteroatoms. The van der Waals surface area contributed by atoms with Crippen molar-refractivity contribution >= 4 is 17.8 Å². The average Bonchev–Trinajstić information content (AvgIpc) is 2.71. The Labute approximate surface area is 114 Å². The summed E-state index contributed by atoms with van der Waals surface area (Å²) in [5.74, 6) is -2.18. The first-order valence-corrected chi connectivity index (χ1v) is 6.23. The van der Waals surface area contributed by atoms with Crippen molar-refractivity contribution in [2.75, 3.05) is 6.54 Å². The van der Waals surface area contributed by atoms with Crippen LogP contribution in [0.1, 0.15) is 13.3 Å². The van der Waals surface area contributed by atoms with Gasteiger partial charge in [-0.2, -0.15) is 0 Å². The number of aliphatic hydroxyl groups is 1. The third kappa shape index (κ3) is 2.60. The van der Waals surface area contributed by atoms with E-state index in [1.807, 2.05) is 0 Å². The average molecular weight is 287 g/mol. The molecule has 0 bridgehead atoms. The molecule has 0 aromatic carbocycles. The van der Waals surface area contributed by atoms with Crippen LogP contribution < -0.4 is 11.1 Å². The van der Waals surface area contributed by atoms with Gasteiger partial charge < -0.3 is 30.9 Å². The minimum Gasteiger partial charge on any atom is -0.480 e. The Balaban J connectivity index is 2.00. The molecule has 0 aromatic rings. The van der Waals surface area contributed by atoms with Crippen molar-refractivity contribution in [1.82, 2.24) is 10.2 Å². The molecule has 5 atom stereocenters. The van der Waals surface area contributed by atoms with Gasteiger partial charge in [0.1, 0.15) is 18.4 Å². The van der Waals surface area contributed by atoms with Gasteiger partial charge in [0.2, 0.25) is 11.8 Å². The number of fused-ring (bicyclic) bond motifs is 1. The Kier molecular flexibility index (Phi) is 3.93. The van der Waals surface area contributed by atoms with Gasteiger partial charge in [-0.1, -0.05) is 0 Å². The summed E-state index contributed by atoms with van der Waals surface area (Å²) in [6.07, 6.45) is -2.48. The second-order valence-electron chi connectivity index (χ2n) is 4.98. The number of hydrogen-bond acceptors (Lipinski definition) is 6. The summed E-state index contributed by atoms with van der Waals surface area (Å²) < 4.78 is 5.37. The molecule has 0 spiro atoms. The van der Waals surface area contributed by atoms with Gasteiger partial charge in [0, 0.05) is 0 Å². The predicted molar refractivity (Wildman–Crippen MR) is 64.2 cm³/mol. The standard InChI is InChI=1S/C11H17N3O6/c1-4(12)10(17)13-8(11(18)19)9(16)5-3-14-6(15)2-7(14)20-5/h4-5,7-9,16H,2-3,12H2,1H3,(H,13,17)(H,18,19)/t4-,5?,7?,8?,9?/m0/s1. The third-order valence-corrected chi connectivity index (χ3v) is 3.43. The number of nitrogens with one attached hydrogen (secondary N) is 1. The SMILES string of the molecule is C[C@H](N)C(=O)NC(C(=O)O)C(O)C1CN2C(=O)CC2O1. The molecular formula is C11H17N3O6. The Bertz CT molecular complexity index is 440. The maximum atomic E-state index is 11.5. The number of β-lactam (4-membered cyclic amide) rings is 1. The second kappa shape index (κ2) is 5.35. The van der Waals surface area contributed by atoms with E-state index >= 15 is 0 Å². The van der Waals surface area contributed by atoms with Gasteiger partial charge in [0.15, 0.2) is 6.04 Å². The van der Waals surface area contributed by atoms with E-state index in [-0.39, 0.29) is 18.9 Å². The van der Waals surface area contributed by atoms with Crippen LogP contribution in [0.3, 0.4) is 0 Å². The van der Waals surface area contributed by atoms with E-state index in [0.29, 0.717) is 0 Å². The zero-order chi connectivity index (χ0) is 15.0. The molecule has 2 fully saturated rings. The summed E-state index contributed by atoms with van der Waals surface area (Å²) in [7, 11) is 0. The molecule has 0 saturated carbocycles. The maximum absolute atomic E-state index is 11.5. The highest BCUT2D eigenvalue weighted by molar-refractivity contribution is 5.87. The fourth-order valence-electron chi connectivity index (χ4n) is 2.19. The molecule has 112 valence electrons. The molecule has 2 amide bonds. The van der Waals surface area contributed by atoms with E-state index in [9.17, 15) is 19.5 Å². The second-order valence-corrected chi connectivity index (χ2v) is 4.98. The number of carbonyl (C=O) groups is 3. The molecule has 20 heavy (non-hydrogen) atoms.